The van der Waals surface area contributed by atoms with Crippen molar-refractivity contribution in [2.75, 3.05) is 12.8 Å². The van der Waals surface area contributed by atoms with E-state index in [0.717, 1.165) is 5.56 Å². The van der Waals surface area contributed by atoms with E-state index in [1.54, 1.807) is 12.1 Å². The number of ether oxygens (including phenoxy) is 1. The molecule has 1 atom stereocenters. The van der Waals surface area contributed by atoms with Gasteiger partial charge in [-0.25, -0.2) is 4.79 Å². The predicted octanol–water partition coefficient (Wildman–Crippen LogP) is 0.800. The van der Waals surface area contributed by atoms with Gasteiger partial charge in [-0.3, -0.25) is 10.1 Å². The summed E-state index contributed by atoms with van der Waals surface area (Å²) in [6, 6.07) is 4.69. The van der Waals surface area contributed by atoms with E-state index in [1.165, 1.54) is 14.0 Å². The maximum absolute atomic E-state index is 11.6. The highest BCUT2D eigenvalue weighted by atomic mass is 16.5. The third kappa shape index (κ3) is 3.65. The molecule has 0 radical (unpaired) electrons. The minimum atomic E-state index is -0.813. The lowest BCUT2D eigenvalue weighted by molar-refractivity contribution is -0.126. The maximum Gasteiger partial charge on any atom is 0.321 e. The molecular formula is C12H17N3O3. The number of carbonyl (C=O) groups excluding carboxylic acids is 2. The average molecular weight is 251 g/mol. The van der Waals surface area contributed by atoms with Gasteiger partial charge in [0.2, 0.25) is 0 Å². The highest BCUT2D eigenvalue weighted by Crippen LogP contribution is 2.23. The van der Waals surface area contributed by atoms with Crippen molar-refractivity contribution in [3.63, 3.8) is 0 Å². The van der Waals surface area contributed by atoms with Crippen LogP contribution in [0.5, 0.6) is 5.75 Å². The zero-order valence-electron chi connectivity index (χ0n) is 10.6. The third-order valence-electron chi connectivity index (χ3n) is 2.30. The van der Waals surface area contributed by atoms with Gasteiger partial charge in [-0.05, 0) is 31.5 Å². The molecule has 0 aromatic heterocycles. The van der Waals surface area contributed by atoms with Crippen LogP contribution in [0.2, 0.25) is 0 Å². The molecule has 1 aromatic carbocycles. The van der Waals surface area contributed by atoms with E-state index in [2.05, 4.69) is 10.6 Å². The minimum absolute atomic E-state index is 0.417. The molecule has 6 heteroatoms. The second-order valence-electron chi connectivity index (χ2n) is 3.87. The molecule has 0 spiro atoms. The van der Waals surface area contributed by atoms with E-state index in [0.29, 0.717) is 11.4 Å². The molecule has 18 heavy (non-hydrogen) atoms. The van der Waals surface area contributed by atoms with Crippen LogP contribution in [0.25, 0.3) is 0 Å². The summed E-state index contributed by atoms with van der Waals surface area (Å²) in [7, 11) is 1.42. The number of nitrogens with one attached hydrogen (secondary N) is 2. The Labute approximate surface area is 105 Å². The van der Waals surface area contributed by atoms with Crippen LogP contribution in [0.15, 0.2) is 18.2 Å². The molecule has 98 valence electrons. The Bertz CT molecular complexity index is 460. The first-order valence-corrected chi connectivity index (χ1v) is 5.49. The number of rotatable bonds is 3. The molecule has 1 aromatic rings. The molecule has 0 bridgehead atoms. The molecule has 4 N–H and O–H groups in total. The van der Waals surface area contributed by atoms with Crippen molar-refractivity contribution < 1.29 is 14.3 Å². The van der Waals surface area contributed by atoms with Crippen LogP contribution < -0.4 is 21.1 Å². The van der Waals surface area contributed by atoms with E-state index in [4.69, 9.17) is 10.5 Å². The summed E-state index contributed by atoms with van der Waals surface area (Å²) >= 11 is 0. The third-order valence-corrected chi connectivity index (χ3v) is 2.30. The standard InChI is InChI=1S/C12H17N3O3/c1-7-4-5-10(9(13)6-7)18-8(2)11(16)15-12(17)14-3/h4-6,8H,13H2,1-3H3,(H2,14,15,16,17). The molecular weight excluding hydrogens is 234 g/mol. The SMILES string of the molecule is CNC(=O)NC(=O)C(C)Oc1ccc(C)cc1N. The van der Waals surface area contributed by atoms with Crippen molar-refractivity contribution in [1.29, 1.82) is 0 Å². The second kappa shape index (κ2) is 5.90. The molecule has 0 saturated heterocycles. The molecule has 1 unspecified atom stereocenters. The zero-order valence-corrected chi connectivity index (χ0v) is 10.6. The minimum Gasteiger partial charge on any atom is -0.479 e. The fourth-order valence-electron chi connectivity index (χ4n) is 1.30. The number of imide groups is 1. The van der Waals surface area contributed by atoms with E-state index < -0.39 is 18.0 Å². The number of hydrogen-bond donors (Lipinski definition) is 3. The molecule has 1 rings (SSSR count). The Hall–Kier alpha value is -2.24. The van der Waals surface area contributed by atoms with Crippen molar-refractivity contribution in [3.05, 3.63) is 23.8 Å². The number of amides is 3. The molecule has 6 nitrogen and oxygen atoms in total. The smallest absolute Gasteiger partial charge is 0.321 e. The van der Waals surface area contributed by atoms with Crippen molar-refractivity contribution in [3.8, 4) is 5.75 Å². The predicted molar refractivity (Wildman–Crippen MR) is 68.3 cm³/mol. The number of benzene rings is 1. The molecule has 0 aliphatic rings. The Kier molecular flexibility index (Phi) is 4.53. The summed E-state index contributed by atoms with van der Waals surface area (Å²) in [5.41, 5.74) is 7.22. The van der Waals surface area contributed by atoms with Crippen LogP contribution in [0.3, 0.4) is 0 Å². The topological polar surface area (TPSA) is 93.5 Å². The highest BCUT2D eigenvalue weighted by Gasteiger charge is 2.17. The van der Waals surface area contributed by atoms with Gasteiger partial charge in [-0.2, -0.15) is 0 Å². The quantitative estimate of drug-likeness (QED) is 0.693. The second-order valence-corrected chi connectivity index (χ2v) is 3.87. The number of nitrogens with two attached hydrogens (primary N) is 1. The Balaban J connectivity index is 2.66. The van der Waals surface area contributed by atoms with Gasteiger partial charge in [0, 0.05) is 7.05 Å². The number of urea groups is 1. The van der Waals surface area contributed by atoms with Crippen LogP contribution in [-0.2, 0) is 4.79 Å². The average Bonchev–Trinajstić information content (AvgIpc) is 2.32. The summed E-state index contributed by atoms with van der Waals surface area (Å²) in [5.74, 6) is -0.116. The summed E-state index contributed by atoms with van der Waals surface area (Å²) < 4.78 is 5.39. The van der Waals surface area contributed by atoms with Crippen molar-refractivity contribution >= 4 is 17.6 Å². The fourth-order valence-corrected chi connectivity index (χ4v) is 1.30. The summed E-state index contributed by atoms with van der Waals surface area (Å²) in [6.07, 6.45) is -0.813. The first-order chi connectivity index (χ1) is 8.43. The van der Waals surface area contributed by atoms with E-state index >= 15 is 0 Å². The molecule has 0 aliphatic heterocycles. The summed E-state index contributed by atoms with van der Waals surface area (Å²) in [6.45, 7) is 3.44. The number of nitrogen functional groups attached to an aromatic ring is 1. The van der Waals surface area contributed by atoms with Gasteiger partial charge in [-0.1, -0.05) is 6.07 Å². The fraction of sp³-hybridized carbons (Fsp3) is 0.333. The van der Waals surface area contributed by atoms with Crippen LogP contribution in [0, 0.1) is 6.92 Å². The van der Waals surface area contributed by atoms with E-state index in [1.807, 2.05) is 13.0 Å². The zero-order chi connectivity index (χ0) is 13.7. The van der Waals surface area contributed by atoms with E-state index in [-0.39, 0.29) is 0 Å². The normalized spacial score (nSPS) is 11.5. The first kappa shape index (κ1) is 13.8. The molecule has 0 saturated carbocycles. The number of carbonyl (C=O) groups is 2. The van der Waals surface area contributed by atoms with Crippen LogP contribution in [0.4, 0.5) is 10.5 Å². The van der Waals surface area contributed by atoms with Gasteiger partial charge >= 0.3 is 6.03 Å². The van der Waals surface area contributed by atoms with Crippen LogP contribution in [0.1, 0.15) is 12.5 Å². The summed E-state index contributed by atoms with van der Waals surface area (Å²) in [4.78, 5) is 22.5. The highest BCUT2D eigenvalue weighted by molar-refractivity contribution is 5.96. The molecule has 0 heterocycles. The molecule has 3 amide bonds. The lowest BCUT2D eigenvalue weighted by Gasteiger charge is -2.15. The van der Waals surface area contributed by atoms with Gasteiger partial charge < -0.3 is 15.8 Å². The molecule has 0 aliphatic carbocycles. The number of hydrogen-bond acceptors (Lipinski definition) is 4. The van der Waals surface area contributed by atoms with Crippen molar-refractivity contribution in [1.82, 2.24) is 10.6 Å². The molecule has 0 fully saturated rings. The lowest BCUT2D eigenvalue weighted by atomic mass is 10.2. The van der Waals surface area contributed by atoms with Gasteiger partial charge in [0.15, 0.2) is 6.10 Å². The van der Waals surface area contributed by atoms with Crippen LogP contribution >= 0.6 is 0 Å². The van der Waals surface area contributed by atoms with E-state index in [9.17, 15) is 9.59 Å². The first-order valence-electron chi connectivity index (χ1n) is 5.49. The van der Waals surface area contributed by atoms with Crippen molar-refractivity contribution in [2.24, 2.45) is 0 Å². The number of aryl methyl sites for hydroxylation is 1. The number of anilines is 1. The summed E-state index contributed by atoms with van der Waals surface area (Å²) in [5, 5.41) is 4.41. The van der Waals surface area contributed by atoms with Gasteiger partial charge in [0.1, 0.15) is 5.75 Å². The van der Waals surface area contributed by atoms with Crippen LogP contribution in [-0.4, -0.2) is 25.1 Å². The monoisotopic (exact) mass is 251 g/mol. The van der Waals surface area contributed by atoms with Gasteiger partial charge in [-0.15, -0.1) is 0 Å². The lowest BCUT2D eigenvalue weighted by Crippen LogP contribution is -2.44. The Morgan fingerprint density at radius 1 is 1.39 bits per heavy atom. The maximum atomic E-state index is 11.6. The van der Waals surface area contributed by atoms with Crippen molar-refractivity contribution in [2.45, 2.75) is 20.0 Å². The van der Waals surface area contributed by atoms with Gasteiger partial charge in [0.25, 0.3) is 5.91 Å². The Morgan fingerprint density at radius 2 is 2.06 bits per heavy atom. The largest absolute Gasteiger partial charge is 0.479 e. The Morgan fingerprint density at radius 3 is 2.61 bits per heavy atom. The van der Waals surface area contributed by atoms with Gasteiger partial charge in [0.05, 0.1) is 5.69 Å².